The summed E-state index contributed by atoms with van der Waals surface area (Å²) in [6.45, 7) is 0. The van der Waals surface area contributed by atoms with Gasteiger partial charge in [-0.15, -0.1) is 0 Å². The number of nitrogens with zero attached hydrogens (tertiary/aromatic N) is 2. The van der Waals surface area contributed by atoms with Crippen molar-refractivity contribution in [1.82, 2.24) is 15.2 Å². The Morgan fingerprint density at radius 1 is 1.18 bits per heavy atom. The van der Waals surface area contributed by atoms with Gasteiger partial charge in [0, 0.05) is 22.7 Å². The van der Waals surface area contributed by atoms with E-state index in [4.69, 9.17) is 22.1 Å². The van der Waals surface area contributed by atoms with E-state index < -0.39 is 60.5 Å². The summed E-state index contributed by atoms with van der Waals surface area (Å²) in [4.78, 5) is 14.8. The molecule has 0 bridgehead atoms. The standard InChI is InChI=1S/C21H14ClF3N4O4S/c1-33-21-14(6-10(22)7-27-21)34(31,32)8-9-2-5-13(23)15(16(9)24)11-3-4-12-18(17(11)25)28-29-19(12)20(26)30/h2-7H,8H2,1H3,(H2,26,30)(H,28,29). The van der Waals surface area contributed by atoms with E-state index in [2.05, 4.69) is 15.2 Å². The average molecular weight is 511 g/mol. The Bertz CT molecular complexity index is 1570. The van der Waals surface area contributed by atoms with E-state index in [1.165, 1.54) is 19.4 Å². The van der Waals surface area contributed by atoms with Crippen molar-refractivity contribution < 1.29 is 31.1 Å². The minimum atomic E-state index is -4.26. The summed E-state index contributed by atoms with van der Waals surface area (Å²) in [5, 5.41) is 5.96. The number of benzene rings is 2. The Kier molecular flexibility index (Phi) is 5.96. The number of aromatic amines is 1. The smallest absolute Gasteiger partial charge is 0.267 e. The predicted octanol–water partition coefficient (Wildman–Crippen LogP) is 3.78. The van der Waals surface area contributed by atoms with Crippen LogP contribution in [0.5, 0.6) is 5.88 Å². The first-order valence-electron chi connectivity index (χ1n) is 9.41. The zero-order chi connectivity index (χ0) is 24.8. The molecule has 34 heavy (non-hydrogen) atoms. The molecule has 1 amide bonds. The first-order valence-corrected chi connectivity index (χ1v) is 11.4. The zero-order valence-electron chi connectivity index (χ0n) is 17.2. The third-order valence-corrected chi connectivity index (χ3v) is 6.87. The maximum Gasteiger partial charge on any atom is 0.267 e. The number of H-pyrrole nitrogens is 1. The van der Waals surface area contributed by atoms with Crippen LogP contribution in [0.2, 0.25) is 5.02 Å². The minimum absolute atomic E-state index is 0.00403. The van der Waals surface area contributed by atoms with E-state index in [-0.39, 0.29) is 27.5 Å². The molecule has 0 atom stereocenters. The summed E-state index contributed by atoms with van der Waals surface area (Å²) >= 11 is 5.84. The number of nitrogens with two attached hydrogens (primary N) is 1. The molecule has 4 aromatic rings. The van der Waals surface area contributed by atoms with E-state index in [9.17, 15) is 17.6 Å². The van der Waals surface area contributed by atoms with Gasteiger partial charge >= 0.3 is 0 Å². The van der Waals surface area contributed by atoms with Gasteiger partial charge in [-0.2, -0.15) is 5.10 Å². The number of aromatic nitrogens is 3. The largest absolute Gasteiger partial charge is 0.480 e. The number of amides is 1. The van der Waals surface area contributed by atoms with Gasteiger partial charge in [0.25, 0.3) is 5.91 Å². The minimum Gasteiger partial charge on any atom is -0.480 e. The van der Waals surface area contributed by atoms with E-state index in [0.29, 0.717) is 0 Å². The van der Waals surface area contributed by atoms with Crippen molar-refractivity contribution in [3.05, 3.63) is 70.3 Å². The first-order chi connectivity index (χ1) is 16.0. The van der Waals surface area contributed by atoms with Gasteiger partial charge in [0.1, 0.15) is 27.7 Å². The molecule has 2 aromatic carbocycles. The Morgan fingerprint density at radius 2 is 1.91 bits per heavy atom. The lowest BCUT2D eigenvalue weighted by Crippen LogP contribution is -2.11. The van der Waals surface area contributed by atoms with Crippen molar-refractivity contribution in [3.8, 4) is 17.0 Å². The van der Waals surface area contributed by atoms with Crippen LogP contribution in [0.15, 0.2) is 41.4 Å². The van der Waals surface area contributed by atoms with Gasteiger partial charge in [-0.05, 0) is 18.2 Å². The van der Waals surface area contributed by atoms with Crippen LogP contribution >= 0.6 is 11.6 Å². The number of hydrogen-bond donors (Lipinski definition) is 2. The summed E-state index contributed by atoms with van der Waals surface area (Å²) in [6, 6.07) is 5.12. The molecule has 0 spiro atoms. The molecule has 13 heteroatoms. The highest BCUT2D eigenvalue weighted by Crippen LogP contribution is 2.35. The molecule has 0 fully saturated rings. The molecular weight excluding hydrogens is 497 g/mol. The number of methoxy groups -OCH3 is 1. The van der Waals surface area contributed by atoms with Gasteiger partial charge in [-0.1, -0.05) is 23.7 Å². The molecule has 0 unspecified atom stereocenters. The number of pyridine rings is 1. The van der Waals surface area contributed by atoms with Gasteiger partial charge in [0.05, 0.1) is 23.4 Å². The third-order valence-electron chi connectivity index (χ3n) is 5.01. The van der Waals surface area contributed by atoms with Gasteiger partial charge in [0.2, 0.25) is 5.88 Å². The highest BCUT2D eigenvalue weighted by atomic mass is 35.5. The number of primary amides is 1. The number of sulfone groups is 1. The molecule has 3 N–H and O–H groups in total. The van der Waals surface area contributed by atoms with Crippen molar-refractivity contribution in [2.75, 3.05) is 7.11 Å². The molecule has 0 aliphatic heterocycles. The predicted molar refractivity (Wildman–Crippen MR) is 117 cm³/mol. The SMILES string of the molecule is COc1ncc(Cl)cc1S(=O)(=O)Cc1ccc(F)c(-c2ccc3c(C(N)=O)[nH]nc3c2F)c1F. The van der Waals surface area contributed by atoms with E-state index in [1.54, 1.807) is 0 Å². The van der Waals surface area contributed by atoms with Crippen molar-refractivity contribution in [1.29, 1.82) is 0 Å². The van der Waals surface area contributed by atoms with E-state index in [1.807, 2.05) is 0 Å². The quantitative estimate of drug-likeness (QED) is 0.406. The number of ether oxygens (including phenoxy) is 1. The summed E-state index contributed by atoms with van der Waals surface area (Å²) in [7, 11) is -3.06. The van der Waals surface area contributed by atoms with Crippen molar-refractivity contribution in [3.63, 3.8) is 0 Å². The Morgan fingerprint density at radius 3 is 2.59 bits per heavy atom. The van der Waals surface area contributed by atoms with Crippen molar-refractivity contribution in [2.45, 2.75) is 10.6 Å². The fraction of sp³-hybridized carbons (Fsp3) is 0.0952. The maximum absolute atomic E-state index is 15.4. The lowest BCUT2D eigenvalue weighted by Gasteiger charge is -2.13. The molecule has 0 aliphatic carbocycles. The summed E-state index contributed by atoms with van der Waals surface area (Å²) in [6.07, 6.45) is 1.17. The molecular formula is C21H14ClF3N4O4S. The molecule has 0 radical (unpaired) electrons. The molecule has 8 nitrogen and oxygen atoms in total. The summed E-state index contributed by atoms with van der Waals surface area (Å²) in [5.74, 6) is -5.62. The fourth-order valence-electron chi connectivity index (χ4n) is 3.45. The van der Waals surface area contributed by atoms with Gasteiger partial charge in [-0.3, -0.25) is 9.89 Å². The van der Waals surface area contributed by atoms with Crippen LogP contribution in [0, 0.1) is 17.5 Å². The topological polar surface area (TPSA) is 128 Å². The molecule has 4 rings (SSSR count). The number of rotatable bonds is 6. The molecule has 0 saturated heterocycles. The van der Waals surface area contributed by atoms with Crippen molar-refractivity contribution >= 4 is 38.2 Å². The maximum atomic E-state index is 15.4. The Labute approximate surface area is 195 Å². The van der Waals surface area contributed by atoms with Crippen LogP contribution in [0.4, 0.5) is 13.2 Å². The number of halogens is 4. The lowest BCUT2D eigenvalue weighted by atomic mass is 9.99. The van der Waals surface area contributed by atoms with Crippen LogP contribution in [0.1, 0.15) is 16.1 Å². The van der Waals surface area contributed by atoms with Crippen LogP contribution in [0.3, 0.4) is 0 Å². The second kappa shape index (κ2) is 8.61. The number of fused-ring (bicyclic) bond motifs is 1. The first kappa shape index (κ1) is 23.5. The number of carbonyl (C=O) groups is 1. The van der Waals surface area contributed by atoms with Crippen LogP contribution in [-0.4, -0.2) is 36.6 Å². The second-order valence-corrected chi connectivity index (χ2v) is 9.50. The summed E-state index contributed by atoms with van der Waals surface area (Å²) < 4.78 is 76.0. The van der Waals surface area contributed by atoms with E-state index in [0.717, 1.165) is 24.3 Å². The number of carbonyl (C=O) groups excluding carboxylic acids is 1. The Balaban J connectivity index is 1.83. The van der Waals surface area contributed by atoms with Crippen molar-refractivity contribution in [2.24, 2.45) is 5.73 Å². The third kappa shape index (κ3) is 3.94. The lowest BCUT2D eigenvalue weighted by molar-refractivity contribution is 0.0997. The molecule has 0 saturated carbocycles. The normalized spacial score (nSPS) is 11.7. The number of nitrogens with one attached hydrogen (secondary N) is 1. The van der Waals surface area contributed by atoms with Crippen LogP contribution < -0.4 is 10.5 Å². The summed E-state index contributed by atoms with van der Waals surface area (Å²) in [5.41, 5.74) is 2.90. The second-order valence-electron chi connectivity index (χ2n) is 7.10. The van der Waals surface area contributed by atoms with Crippen LogP contribution in [0.25, 0.3) is 22.0 Å². The van der Waals surface area contributed by atoms with E-state index >= 15 is 8.78 Å². The monoisotopic (exact) mass is 510 g/mol. The van der Waals surface area contributed by atoms with Gasteiger partial charge in [0.15, 0.2) is 15.7 Å². The number of hydrogen-bond acceptors (Lipinski definition) is 6. The zero-order valence-corrected chi connectivity index (χ0v) is 18.8. The average Bonchev–Trinajstić information content (AvgIpc) is 3.22. The molecule has 2 heterocycles. The highest BCUT2D eigenvalue weighted by molar-refractivity contribution is 7.90. The Hall–Kier alpha value is -3.64. The molecule has 176 valence electrons. The molecule has 2 aromatic heterocycles. The molecule has 0 aliphatic rings. The van der Waals surface area contributed by atoms with Gasteiger partial charge in [-0.25, -0.2) is 26.6 Å². The highest BCUT2D eigenvalue weighted by Gasteiger charge is 2.27. The van der Waals surface area contributed by atoms with Gasteiger partial charge < -0.3 is 10.5 Å². The fourth-order valence-corrected chi connectivity index (χ4v) is 5.17. The van der Waals surface area contributed by atoms with Crippen LogP contribution in [-0.2, 0) is 15.6 Å².